The molecular weight excluding hydrogens is 292 g/mol. The fourth-order valence-electron chi connectivity index (χ4n) is 2.86. The molecule has 1 heterocycles. The van der Waals surface area contributed by atoms with E-state index in [-0.39, 0.29) is 6.04 Å². The van der Waals surface area contributed by atoms with Gasteiger partial charge < -0.3 is 5.32 Å². The number of pyridine rings is 1. The molecule has 1 aromatic heterocycles. The molecule has 1 atom stereocenters. The molecule has 0 fully saturated rings. The Labute approximate surface area is 144 Å². The van der Waals surface area contributed by atoms with E-state index in [1.807, 2.05) is 18.5 Å². The minimum absolute atomic E-state index is 0.143. The molecule has 0 saturated heterocycles. The third kappa shape index (κ3) is 4.09. The van der Waals surface area contributed by atoms with Gasteiger partial charge in [-0.2, -0.15) is 0 Å². The van der Waals surface area contributed by atoms with E-state index in [1.165, 1.54) is 22.3 Å². The summed E-state index contributed by atoms with van der Waals surface area (Å²) in [6.45, 7) is 5.27. The van der Waals surface area contributed by atoms with Gasteiger partial charge in [0.25, 0.3) is 0 Å². The summed E-state index contributed by atoms with van der Waals surface area (Å²) in [5, 5.41) is 3.68. The van der Waals surface area contributed by atoms with Gasteiger partial charge in [0, 0.05) is 18.9 Å². The molecular formula is C22H24N2. The zero-order chi connectivity index (χ0) is 16.8. The van der Waals surface area contributed by atoms with E-state index in [1.54, 1.807) is 0 Å². The van der Waals surface area contributed by atoms with Crippen LogP contribution in [0.4, 0.5) is 0 Å². The fourth-order valence-corrected chi connectivity index (χ4v) is 2.86. The van der Waals surface area contributed by atoms with Crippen molar-refractivity contribution in [2.75, 3.05) is 0 Å². The number of hydrogen-bond donors (Lipinski definition) is 1. The van der Waals surface area contributed by atoms with E-state index in [9.17, 15) is 0 Å². The van der Waals surface area contributed by atoms with Crippen LogP contribution in [0, 0.1) is 0 Å². The SMILES string of the molecule is CC(C)c1ccc(CN[C@@H](c2ccccc2)c2cccnc2)cc1. The van der Waals surface area contributed by atoms with Crippen molar-refractivity contribution >= 4 is 0 Å². The Morgan fingerprint density at radius 1 is 0.792 bits per heavy atom. The standard InChI is InChI=1S/C22H24N2/c1-17(2)19-12-10-18(11-13-19)15-24-22(20-7-4-3-5-8-20)21-9-6-14-23-16-21/h3-14,16-17,22,24H,15H2,1-2H3/t22-/m0/s1. The van der Waals surface area contributed by atoms with Gasteiger partial charge in [0.05, 0.1) is 6.04 Å². The van der Waals surface area contributed by atoms with Crippen LogP contribution in [-0.4, -0.2) is 4.98 Å². The first kappa shape index (κ1) is 16.4. The Kier molecular flexibility index (Phi) is 5.39. The minimum atomic E-state index is 0.143. The summed E-state index contributed by atoms with van der Waals surface area (Å²) in [5.41, 5.74) is 5.11. The molecule has 0 saturated carbocycles. The van der Waals surface area contributed by atoms with Crippen LogP contribution >= 0.6 is 0 Å². The molecule has 0 amide bonds. The lowest BCUT2D eigenvalue weighted by Gasteiger charge is -2.20. The summed E-state index contributed by atoms with van der Waals surface area (Å²) in [6.07, 6.45) is 3.75. The van der Waals surface area contributed by atoms with Gasteiger partial charge in [0.15, 0.2) is 0 Å². The van der Waals surface area contributed by atoms with Crippen LogP contribution in [0.3, 0.4) is 0 Å². The molecule has 3 rings (SSSR count). The molecule has 122 valence electrons. The van der Waals surface area contributed by atoms with Crippen molar-refractivity contribution in [3.8, 4) is 0 Å². The van der Waals surface area contributed by atoms with Crippen molar-refractivity contribution in [1.82, 2.24) is 10.3 Å². The van der Waals surface area contributed by atoms with Crippen molar-refractivity contribution in [1.29, 1.82) is 0 Å². The Morgan fingerprint density at radius 2 is 1.50 bits per heavy atom. The van der Waals surface area contributed by atoms with Gasteiger partial charge in [-0.15, -0.1) is 0 Å². The summed E-state index contributed by atoms with van der Waals surface area (Å²) in [5.74, 6) is 0.569. The third-order valence-electron chi connectivity index (χ3n) is 4.31. The maximum absolute atomic E-state index is 4.28. The predicted molar refractivity (Wildman–Crippen MR) is 99.9 cm³/mol. The number of nitrogens with zero attached hydrogens (tertiary/aromatic N) is 1. The zero-order valence-electron chi connectivity index (χ0n) is 14.3. The summed E-state index contributed by atoms with van der Waals surface area (Å²) < 4.78 is 0. The summed E-state index contributed by atoms with van der Waals surface area (Å²) in [7, 11) is 0. The van der Waals surface area contributed by atoms with Crippen LogP contribution in [0.1, 0.15) is 48.1 Å². The van der Waals surface area contributed by atoms with Gasteiger partial charge in [-0.1, -0.05) is 74.5 Å². The third-order valence-corrected chi connectivity index (χ3v) is 4.31. The normalized spacial score (nSPS) is 12.3. The first-order valence-corrected chi connectivity index (χ1v) is 8.51. The van der Waals surface area contributed by atoms with E-state index in [2.05, 4.69) is 84.8 Å². The highest BCUT2D eigenvalue weighted by Gasteiger charge is 2.13. The molecule has 2 heteroatoms. The van der Waals surface area contributed by atoms with E-state index in [4.69, 9.17) is 0 Å². The van der Waals surface area contributed by atoms with E-state index < -0.39 is 0 Å². The van der Waals surface area contributed by atoms with Crippen LogP contribution in [0.15, 0.2) is 79.1 Å². The molecule has 0 aliphatic rings. The van der Waals surface area contributed by atoms with Gasteiger partial charge in [0.1, 0.15) is 0 Å². The van der Waals surface area contributed by atoms with Gasteiger partial charge >= 0.3 is 0 Å². The molecule has 0 aliphatic heterocycles. The van der Waals surface area contributed by atoms with Crippen molar-refractivity contribution in [3.05, 3.63) is 101 Å². The number of benzene rings is 2. The summed E-state index contributed by atoms with van der Waals surface area (Å²) in [4.78, 5) is 4.28. The number of rotatable bonds is 6. The number of nitrogens with one attached hydrogen (secondary N) is 1. The molecule has 0 spiro atoms. The Bertz CT molecular complexity index is 694. The van der Waals surface area contributed by atoms with Gasteiger partial charge in [-0.05, 0) is 34.2 Å². The van der Waals surface area contributed by atoms with Crippen molar-refractivity contribution in [2.24, 2.45) is 0 Å². The largest absolute Gasteiger partial charge is 0.302 e. The van der Waals surface area contributed by atoms with Gasteiger partial charge in [-0.3, -0.25) is 4.98 Å². The number of aromatic nitrogens is 1. The Balaban J connectivity index is 1.77. The molecule has 2 nitrogen and oxygen atoms in total. The Morgan fingerprint density at radius 3 is 2.12 bits per heavy atom. The molecule has 2 aromatic carbocycles. The first-order valence-electron chi connectivity index (χ1n) is 8.51. The smallest absolute Gasteiger partial charge is 0.0594 e. The highest BCUT2D eigenvalue weighted by molar-refractivity contribution is 5.31. The molecule has 3 aromatic rings. The Hall–Kier alpha value is -2.45. The summed E-state index contributed by atoms with van der Waals surface area (Å²) in [6, 6.07) is 23.7. The van der Waals surface area contributed by atoms with Crippen LogP contribution in [0.25, 0.3) is 0 Å². The lowest BCUT2D eigenvalue weighted by Crippen LogP contribution is -2.22. The van der Waals surface area contributed by atoms with Crippen LogP contribution < -0.4 is 5.32 Å². The molecule has 0 bridgehead atoms. The van der Waals surface area contributed by atoms with Gasteiger partial charge in [0.2, 0.25) is 0 Å². The maximum atomic E-state index is 4.28. The molecule has 0 unspecified atom stereocenters. The molecule has 0 radical (unpaired) electrons. The van der Waals surface area contributed by atoms with Crippen LogP contribution in [-0.2, 0) is 6.54 Å². The molecule has 24 heavy (non-hydrogen) atoms. The van der Waals surface area contributed by atoms with E-state index in [0.29, 0.717) is 5.92 Å². The van der Waals surface area contributed by atoms with Gasteiger partial charge in [-0.25, -0.2) is 0 Å². The second-order valence-corrected chi connectivity index (χ2v) is 6.41. The zero-order valence-corrected chi connectivity index (χ0v) is 14.3. The molecule has 1 N–H and O–H groups in total. The highest BCUT2D eigenvalue weighted by atomic mass is 14.9. The second-order valence-electron chi connectivity index (χ2n) is 6.41. The predicted octanol–water partition coefficient (Wildman–Crippen LogP) is 5.08. The highest BCUT2D eigenvalue weighted by Crippen LogP contribution is 2.22. The number of hydrogen-bond acceptors (Lipinski definition) is 2. The monoisotopic (exact) mass is 316 g/mol. The van der Waals surface area contributed by atoms with Crippen molar-refractivity contribution < 1.29 is 0 Å². The second kappa shape index (κ2) is 7.89. The lowest BCUT2D eigenvalue weighted by molar-refractivity contribution is 0.603. The van der Waals surface area contributed by atoms with Crippen molar-refractivity contribution in [2.45, 2.75) is 32.4 Å². The van der Waals surface area contributed by atoms with E-state index >= 15 is 0 Å². The molecule has 0 aliphatic carbocycles. The van der Waals surface area contributed by atoms with Crippen LogP contribution in [0.5, 0.6) is 0 Å². The topological polar surface area (TPSA) is 24.9 Å². The minimum Gasteiger partial charge on any atom is -0.302 e. The summed E-state index contributed by atoms with van der Waals surface area (Å²) >= 11 is 0. The quantitative estimate of drug-likeness (QED) is 0.685. The maximum Gasteiger partial charge on any atom is 0.0594 e. The first-order chi connectivity index (χ1) is 11.7. The van der Waals surface area contributed by atoms with Crippen LogP contribution in [0.2, 0.25) is 0 Å². The fraction of sp³-hybridized carbons (Fsp3) is 0.227. The average molecular weight is 316 g/mol. The van der Waals surface area contributed by atoms with Crippen molar-refractivity contribution in [3.63, 3.8) is 0 Å². The average Bonchev–Trinajstić information content (AvgIpc) is 2.64. The van der Waals surface area contributed by atoms with E-state index in [0.717, 1.165) is 6.54 Å². The lowest BCUT2D eigenvalue weighted by atomic mass is 9.99.